The highest BCUT2D eigenvalue weighted by Gasteiger charge is 2.45. The SMILES string of the molecule is COc1nc(OC)nc(-c2ccc3c(c2)C(F)(F)c2cc(-c4nc(-c5ccccc5)nc(-c5ccccc5)n4)ccc2-3)n1. The van der Waals surface area contributed by atoms with Crippen LogP contribution in [0.3, 0.4) is 0 Å². The highest BCUT2D eigenvalue weighted by Crippen LogP contribution is 2.52. The summed E-state index contributed by atoms with van der Waals surface area (Å²) in [6.45, 7) is 0. The average molecular weight is 573 g/mol. The summed E-state index contributed by atoms with van der Waals surface area (Å²) in [6, 6.07) is 28.7. The van der Waals surface area contributed by atoms with Crippen LogP contribution >= 0.6 is 0 Å². The first-order chi connectivity index (χ1) is 20.9. The van der Waals surface area contributed by atoms with Crippen LogP contribution in [0.4, 0.5) is 8.78 Å². The lowest BCUT2D eigenvalue weighted by Gasteiger charge is -2.14. The van der Waals surface area contributed by atoms with E-state index in [1.54, 1.807) is 24.3 Å². The lowest BCUT2D eigenvalue weighted by molar-refractivity contribution is 0.0481. The molecule has 2 aromatic heterocycles. The smallest absolute Gasteiger partial charge is 0.322 e. The zero-order valence-electron chi connectivity index (χ0n) is 23.0. The van der Waals surface area contributed by atoms with Gasteiger partial charge in [-0.1, -0.05) is 84.9 Å². The third kappa shape index (κ3) is 4.62. The zero-order valence-corrected chi connectivity index (χ0v) is 23.0. The van der Waals surface area contributed by atoms with Gasteiger partial charge in [0.05, 0.1) is 14.2 Å². The van der Waals surface area contributed by atoms with Crippen molar-refractivity contribution in [3.05, 3.63) is 108 Å². The molecule has 0 N–H and O–H groups in total. The molecule has 0 spiro atoms. The van der Waals surface area contributed by atoms with Crippen LogP contribution in [0.25, 0.3) is 56.7 Å². The Morgan fingerprint density at radius 1 is 0.465 bits per heavy atom. The number of hydrogen-bond acceptors (Lipinski definition) is 8. The Balaban J connectivity index is 1.33. The molecule has 0 saturated carbocycles. The molecule has 10 heteroatoms. The van der Waals surface area contributed by atoms with Gasteiger partial charge in [0, 0.05) is 33.4 Å². The van der Waals surface area contributed by atoms with Crippen molar-refractivity contribution < 1.29 is 18.3 Å². The Kier molecular flexibility index (Phi) is 6.31. The van der Waals surface area contributed by atoms with E-state index >= 15 is 8.78 Å². The number of benzene rings is 4. The Labute approximate surface area is 245 Å². The summed E-state index contributed by atoms with van der Waals surface area (Å²) in [5, 5.41) is 0. The number of hydrogen-bond donors (Lipinski definition) is 0. The second kappa shape index (κ2) is 10.3. The largest absolute Gasteiger partial charge is 0.467 e. The number of halogens is 2. The van der Waals surface area contributed by atoms with E-state index in [1.807, 2.05) is 60.7 Å². The summed E-state index contributed by atoms with van der Waals surface area (Å²) in [4.78, 5) is 26.5. The van der Waals surface area contributed by atoms with Gasteiger partial charge in [-0.15, -0.1) is 4.98 Å². The molecule has 0 fully saturated rings. The topological polar surface area (TPSA) is 95.8 Å². The van der Waals surface area contributed by atoms with Crippen LogP contribution < -0.4 is 9.47 Å². The van der Waals surface area contributed by atoms with Crippen LogP contribution in [0, 0.1) is 0 Å². The van der Waals surface area contributed by atoms with Gasteiger partial charge in [-0.25, -0.2) is 15.0 Å². The van der Waals surface area contributed by atoms with Crippen molar-refractivity contribution in [3.8, 4) is 68.7 Å². The Morgan fingerprint density at radius 2 is 0.860 bits per heavy atom. The number of fused-ring (bicyclic) bond motifs is 3. The van der Waals surface area contributed by atoms with E-state index < -0.39 is 5.92 Å². The van der Waals surface area contributed by atoms with Crippen molar-refractivity contribution >= 4 is 0 Å². The summed E-state index contributed by atoms with van der Waals surface area (Å²) in [5.41, 5.74) is 2.99. The number of methoxy groups -OCH3 is 2. The van der Waals surface area contributed by atoms with E-state index in [-0.39, 0.29) is 29.0 Å². The van der Waals surface area contributed by atoms with Crippen molar-refractivity contribution in [1.29, 1.82) is 0 Å². The van der Waals surface area contributed by atoms with E-state index in [2.05, 4.69) is 15.0 Å². The monoisotopic (exact) mass is 572 g/mol. The van der Waals surface area contributed by atoms with Crippen molar-refractivity contribution in [2.24, 2.45) is 0 Å². The quantitative estimate of drug-likeness (QED) is 0.214. The minimum absolute atomic E-state index is 0.0177. The molecule has 6 aromatic rings. The van der Waals surface area contributed by atoms with Crippen LogP contribution in [-0.4, -0.2) is 44.1 Å². The predicted octanol–water partition coefficient (Wildman–Crippen LogP) is 6.86. The molecule has 7 rings (SSSR count). The predicted molar refractivity (Wildman–Crippen MR) is 156 cm³/mol. The molecule has 210 valence electrons. The lowest BCUT2D eigenvalue weighted by Crippen LogP contribution is -2.11. The Hall–Kier alpha value is -5.64. The number of aromatic nitrogens is 6. The van der Waals surface area contributed by atoms with E-state index in [1.165, 1.54) is 26.4 Å². The van der Waals surface area contributed by atoms with Crippen molar-refractivity contribution in [2.45, 2.75) is 5.92 Å². The van der Waals surface area contributed by atoms with Crippen molar-refractivity contribution in [2.75, 3.05) is 14.2 Å². The van der Waals surface area contributed by atoms with Gasteiger partial charge in [-0.3, -0.25) is 0 Å². The molecule has 0 amide bonds. The first-order valence-electron chi connectivity index (χ1n) is 13.3. The third-order valence-corrected chi connectivity index (χ3v) is 7.18. The van der Waals surface area contributed by atoms with Crippen LogP contribution in [-0.2, 0) is 5.92 Å². The second-order valence-electron chi connectivity index (χ2n) is 9.77. The molecule has 0 saturated heterocycles. The van der Waals surface area contributed by atoms with Gasteiger partial charge in [0.1, 0.15) is 0 Å². The fourth-order valence-corrected chi connectivity index (χ4v) is 5.09. The first kappa shape index (κ1) is 26.3. The molecular weight excluding hydrogens is 550 g/mol. The fraction of sp³-hybridized carbons (Fsp3) is 0.0909. The molecule has 0 unspecified atom stereocenters. The van der Waals surface area contributed by atoms with E-state index in [0.29, 0.717) is 39.7 Å². The maximum Gasteiger partial charge on any atom is 0.322 e. The number of nitrogens with zero attached hydrogens (tertiary/aromatic N) is 6. The van der Waals surface area contributed by atoms with Gasteiger partial charge in [0.15, 0.2) is 23.3 Å². The van der Waals surface area contributed by atoms with Gasteiger partial charge < -0.3 is 9.47 Å². The van der Waals surface area contributed by atoms with Gasteiger partial charge in [-0.05, 0) is 23.3 Å². The van der Waals surface area contributed by atoms with E-state index in [9.17, 15) is 0 Å². The Bertz CT molecular complexity index is 1910. The molecule has 0 aliphatic heterocycles. The summed E-state index contributed by atoms with van der Waals surface area (Å²) in [7, 11) is 2.81. The highest BCUT2D eigenvalue weighted by atomic mass is 19.3. The first-order valence-corrected chi connectivity index (χ1v) is 13.3. The molecule has 8 nitrogen and oxygen atoms in total. The van der Waals surface area contributed by atoms with Crippen LogP contribution in [0.1, 0.15) is 11.1 Å². The van der Waals surface area contributed by atoms with E-state index in [0.717, 1.165) is 11.1 Å². The summed E-state index contributed by atoms with van der Waals surface area (Å²) < 4.78 is 42.5. The van der Waals surface area contributed by atoms with Gasteiger partial charge in [0.2, 0.25) is 0 Å². The fourth-order valence-electron chi connectivity index (χ4n) is 5.09. The standard InChI is InChI=1S/C33H22F2N6O2/c1-42-31-39-30(40-32(41-31)43-2)22-14-16-24-23-15-13-21(17-25(23)33(34,35)26(24)18-22)29-37-27(19-9-5-3-6-10-19)36-28(38-29)20-11-7-4-8-12-20/h3-18H,1-2H3. The van der Waals surface area contributed by atoms with Crippen LogP contribution in [0.15, 0.2) is 97.1 Å². The maximum atomic E-state index is 16.1. The minimum Gasteiger partial charge on any atom is -0.467 e. The molecule has 0 atom stereocenters. The number of rotatable bonds is 6. The van der Waals surface area contributed by atoms with Crippen molar-refractivity contribution in [3.63, 3.8) is 0 Å². The maximum absolute atomic E-state index is 16.1. The molecule has 0 bridgehead atoms. The summed E-state index contributed by atoms with van der Waals surface area (Å²) >= 11 is 0. The lowest BCUT2D eigenvalue weighted by atomic mass is 10.0. The summed E-state index contributed by atoms with van der Waals surface area (Å²) in [6.07, 6.45) is 0. The van der Waals surface area contributed by atoms with Gasteiger partial charge in [-0.2, -0.15) is 18.7 Å². The molecule has 2 heterocycles. The number of alkyl halides is 2. The normalized spacial score (nSPS) is 12.8. The molecule has 43 heavy (non-hydrogen) atoms. The Morgan fingerprint density at radius 3 is 1.28 bits per heavy atom. The highest BCUT2D eigenvalue weighted by molar-refractivity contribution is 5.84. The summed E-state index contributed by atoms with van der Waals surface area (Å²) in [5.74, 6) is -1.94. The second-order valence-corrected chi connectivity index (χ2v) is 9.77. The van der Waals surface area contributed by atoms with Crippen LogP contribution in [0.5, 0.6) is 12.0 Å². The van der Waals surface area contributed by atoms with Crippen LogP contribution in [0.2, 0.25) is 0 Å². The van der Waals surface area contributed by atoms with Gasteiger partial charge in [0.25, 0.3) is 5.92 Å². The zero-order chi connectivity index (χ0) is 29.6. The molecule has 1 aliphatic carbocycles. The molecule has 0 radical (unpaired) electrons. The number of ether oxygens (including phenoxy) is 2. The van der Waals surface area contributed by atoms with E-state index in [4.69, 9.17) is 24.4 Å². The molecular formula is C33H22F2N6O2. The third-order valence-electron chi connectivity index (χ3n) is 7.18. The average Bonchev–Trinajstić information content (AvgIpc) is 3.30. The minimum atomic E-state index is -3.30. The van der Waals surface area contributed by atoms with Crippen molar-refractivity contribution in [1.82, 2.24) is 29.9 Å². The van der Waals surface area contributed by atoms with Gasteiger partial charge >= 0.3 is 12.0 Å². The molecule has 1 aliphatic rings. The molecule has 4 aromatic carbocycles.